The summed E-state index contributed by atoms with van der Waals surface area (Å²) in [5.74, 6) is 2.50. The molecule has 14 heavy (non-hydrogen) atoms. The van der Waals surface area contributed by atoms with Gasteiger partial charge in [-0.15, -0.1) is 6.42 Å². The molecule has 2 aliphatic heterocycles. The van der Waals surface area contributed by atoms with Gasteiger partial charge in [-0.05, 0) is 31.8 Å². The van der Waals surface area contributed by atoms with Gasteiger partial charge in [0.05, 0.1) is 10.5 Å². The van der Waals surface area contributed by atoms with Crippen LogP contribution in [0.1, 0.15) is 32.1 Å². The van der Waals surface area contributed by atoms with Crippen molar-refractivity contribution in [2.24, 2.45) is 0 Å². The van der Waals surface area contributed by atoms with Gasteiger partial charge in [-0.1, -0.05) is 17.9 Å². The number of hydrogen-bond acceptors (Lipinski definition) is 2. The van der Waals surface area contributed by atoms with Crippen LogP contribution in [0.3, 0.4) is 0 Å². The van der Waals surface area contributed by atoms with Gasteiger partial charge in [0.25, 0.3) is 0 Å². The third-order valence-corrected chi connectivity index (χ3v) is 5.91. The van der Waals surface area contributed by atoms with Gasteiger partial charge in [-0.2, -0.15) is 0 Å². The lowest BCUT2D eigenvalue weighted by molar-refractivity contribution is 0.473. The maximum atomic E-state index is 11.9. The molecule has 0 aliphatic carbocycles. The topological polar surface area (TPSA) is 34.1 Å². The molecule has 0 aromatic heterocycles. The van der Waals surface area contributed by atoms with Crippen molar-refractivity contribution in [2.75, 3.05) is 0 Å². The Morgan fingerprint density at radius 1 is 1.29 bits per heavy atom. The fourth-order valence-corrected chi connectivity index (χ4v) is 4.94. The van der Waals surface area contributed by atoms with Crippen LogP contribution in [0.2, 0.25) is 0 Å². The van der Waals surface area contributed by atoms with Crippen LogP contribution in [-0.4, -0.2) is 18.9 Å². The zero-order valence-corrected chi connectivity index (χ0v) is 8.89. The summed E-state index contributed by atoms with van der Waals surface area (Å²) in [6.45, 7) is 0. The van der Waals surface area contributed by atoms with Crippen molar-refractivity contribution in [1.29, 1.82) is 0 Å². The molecule has 2 atom stereocenters. The Kier molecular flexibility index (Phi) is 2.40. The van der Waals surface area contributed by atoms with Gasteiger partial charge in [0.15, 0.2) is 9.84 Å². The molecule has 3 heteroatoms. The van der Waals surface area contributed by atoms with E-state index in [1.165, 1.54) is 0 Å². The van der Waals surface area contributed by atoms with Crippen LogP contribution < -0.4 is 0 Å². The van der Waals surface area contributed by atoms with Crippen LogP contribution in [0.5, 0.6) is 0 Å². The van der Waals surface area contributed by atoms with Crippen LogP contribution in [0, 0.1) is 12.3 Å². The largest absolute Gasteiger partial charge is 0.228 e. The van der Waals surface area contributed by atoms with Crippen LogP contribution in [-0.2, 0) is 9.84 Å². The van der Waals surface area contributed by atoms with E-state index in [0.29, 0.717) is 12.8 Å². The lowest BCUT2D eigenvalue weighted by Gasteiger charge is -2.35. The van der Waals surface area contributed by atoms with E-state index in [2.05, 4.69) is 5.92 Å². The molecule has 2 bridgehead atoms. The second kappa shape index (κ2) is 3.43. The number of terminal acetylenes is 1. The van der Waals surface area contributed by atoms with Crippen LogP contribution >= 0.6 is 0 Å². The smallest absolute Gasteiger partial charge is 0.156 e. The fraction of sp³-hybridized carbons (Fsp3) is 0.636. The normalized spacial score (nSPS) is 34.6. The molecular weight excluding hydrogens is 196 g/mol. The van der Waals surface area contributed by atoms with E-state index >= 15 is 0 Å². The molecule has 0 aromatic rings. The molecule has 0 amide bonds. The van der Waals surface area contributed by atoms with Gasteiger partial charge in [-0.25, -0.2) is 8.42 Å². The van der Waals surface area contributed by atoms with E-state index in [1.54, 1.807) is 6.08 Å². The van der Waals surface area contributed by atoms with Gasteiger partial charge in [0, 0.05) is 0 Å². The maximum absolute atomic E-state index is 11.9. The van der Waals surface area contributed by atoms with Crippen LogP contribution in [0.15, 0.2) is 11.6 Å². The Morgan fingerprint density at radius 3 is 2.36 bits per heavy atom. The standard InChI is InChI=1S/C11H14O2S/c1-2-4-9-7-10-5-3-6-11(8-9)14(10,12)13/h1,4,10-11H,3,5-8H2. The number of hydrogen-bond donors (Lipinski definition) is 0. The van der Waals surface area contributed by atoms with Crippen molar-refractivity contribution in [3.8, 4) is 12.3 Å². The zero-order chi connectivity index (χ0) is 10.2. The number of sulfone groups is 1. The molecule has 2 heterocycles. The van der Waals surface area contributed by atoms with E-state index in [-0.39, 0.29) is 10.5 Å². The molecule has 2 unspecified atom stereocenters. The summed E-state index contributed by atoms with van der Waals surface area (Å²) in [6.07, 6.45) is 11.0. The highest BCUT2D eigenvalue weighted by molar-refractivity contribution is 7.92. The summed E-state index contributed by atoms with van der Waals surface area (Å²) in [5, 5.41) is -0.288. The molecule has 76 valence electrons. The first-order valence-electron chi connectivity index (χ1n) is 5.01. The molecule has 2 fully saturated rings. The molecule has 0 spiro atoms. The second-order valence-electron chi connectivity index (χ2n) is 4.14. The first-order chi connectivity index (χ1) is 6.64. The summed E-state index contributed by atoms with van der Waals surface area (Å²) in [7, 11) is -2.83. The van der Waals surface area contributed by atoms with Gasteiger partial charge in [-0.3, -0.25) is 0 Å². The SMILES string of the molecule is C#CC=C1CC2CCCC(C1)S2(=O)=O. The van der Waals surface area contributed by atoms with Gasteiger partial charge in [0.2, 0.25) is 0 Å². The molecule has 0 aromatic carbocycles. The monoisotopic (exact) mass is 210 g/mol. The second-order valence-corrected chi connectivity index (χ2v) is 6.65. The number of fused-ring (bicyclic) bond motifs is 2. The summed E-state index contributed by atoms with van der Waals surface area (Å²) in [4.78, 5) is 0. The van der Waals surface area contributed by atoms with E-state index in [0.717, 1.165) is 24.8 Å². The Hall–Kier alpha value is -0.750. The van der Waals surface area contributed by atoms with Crippen molar-refractivity contribution in [1.82, 2.24) is 0 Å². The van der Waals surface area contributed by atoms with E-state index in [4.69, 9.17) is 6.42 Å². The molecule has 2 aliphatic rings. The predicted octanol–water partition coefficient (Wildman–Crippen LogP) is 1.68. The Bertz CT molecular complexity index is 375. The van der Waals surface area contributed by atoms with Crippen molar-refractivity contribution >= 4 is 9.84 Å². The highest BCUT2D eigenvalue weighted by atomic mass is 32.2. The quantitative estimate of drug-likeness (QED) is 0.570. The minimum atomic E-state index is -2.83. The van der Waals surface area contributed by atoms with Gasteiger partial charge < -0.3 is 0 Å². The van der Waals surface area contributed by atoms with Crippen molar-refractivity contribution in [2.45, 2.75) is 42.6 Å². The number of rotatable bonds is 0. The molecule has 2 rings (SSSR count). The van der Waals surface area contributed by atoms with Crippen LogP contribution in [0.4, 0.5) is 0 Å². The zero-order valence-electron chi connectivity index (χ0n) is 8.07. The molecule has 2 saturated heterocycles. The average molecular weight is 210 g/mol. The Labute approximate surface area is 85.3 Å². The number of allylic oxidation sites excluding steroid dienone is 2. The summed E-state index contributed by atoms with van der Waals surface area (Å²) < 4.78 is 23.7. The third-order valence-electron chi connectivity index (χ3n) is 3.25. The molecule has 0 saturated carbocycles. The van der Waals surface area contributed by atoms with Crippen molar-refractivity contribution in [3.63, 3.8) is 0 Å². The average Bonchev–Trinajstić information content (AvgIpc) is 2.06. The summed E-state index contributed by atoms with van der Waals surface area (Å²) in [6, 6.07) is 0. The van der Waals surface area contributed by atoms with E-state index < -0.39 is 9.84 Å². The predicted molar refractivity (Wildman–Crippen MR) is 56.5 cm³/mol. The third kappa shape index (κ3) is 1.48. The highest BCUT2D eigenvalue weighted by Gasteiger charge is 2.41. The molecular formula is C11H14O2S. The summed E-state index contributed by atoms with van der Waals surface area (Å²) >= 11 is 0. The summed E-state index contributed by atoms with van der Waals surface area (Å²) in [5.41, 5.74) is 1.15. The van der Waals surface area contributed by atoms with Crippen molar-refractivity contribution in [3.05, 3.63) is 11.6 Å². The lowest BCUT2D eigenvalue weighted by Crippen LogP contribution is -2.40. The van der Waals surface area contributed by atoms with E-state index in [1.807, 2.05) is 0 Å². The maximum Gasteiger partial charge on any atom is 0.156 e. The first-order valence-corrected chi connectivity index (χ1v) is 6.62. The fourth-order valence-electron chi connectivity index (χ4n) is 2.51. The lowest BCUT2D eigenvalue weighted by atomic mass is 9.94. The molecule has 0 radical (unpaired) electrons. The minimum Gasteiger partial charge on any atom is -0.228 e. The van der Waals surface area contributed by atoms with Crippen molar-refractivity contribution < 1.29 is 8.42 Å². The Morgan fingerprint density at radius 2 is 1.86 bits per heavy atom. The van der Waals surface area contributed by atoms with Gasteiger partial charge in [0.1, 0.15) is 0 Å². The van der Waals surface area contributed by atoms with E-state index in [9.17, 15) is 8.42 Å². The first kappa shape index (κ1) is 9.79. The molecule has 0 N–H and O–H groups in total. The molecule has 2 nitrogen and oxygen atoms in total. The highest BCUT2D eigenvalue weighted by Crippen LogP contribution is 2.38. The Balaban J connectivity index is 2.31. The van der Waals surface area contributed by atoms with Crippen LogP contribution in [0.25, 0.3) is 0 Å². The minimum absolute atomic E-state index is 0.144. The van der Waals surface area contributed by atoms with Gasteiger partial charge >= 0.3 is 0 Å².